The molecule has 1 aromatic heterocycles. The molecule has 1 N–H and O–H groups in total. The summed E-state index contributed by atoms with van der Waals surface area (Å²) in [5.41, 5.74) is 2.62. The van der Waals surface area contributed by atoms with E-state index < -0.39 is 0 Å². The van der Waals surface area contributed by atoms with Crippen LogP contribution in [-0.4, -0.2) is 15.5 Å². The predicted molar refractivity (Wildman–Crippen MR) is 87.5 cm³/mol. The van der Waals surface area contributed by atoms with Gasteiger partial charge in [-0.1, -0.05) is 24.3 Å². The SMILES string of the molecule is CC(=O)Nc1cccc(-c2nccn2Cc2ccc(F)cc2)c1. The Balaban J connectivity index is 1.88. The van der Waals surface area contributed by atoms with Gasteiger partial charge in [0, 0.05) is 37.1 Å². The van der Waals surface area contributed by atoms with E-state index in [4.69, 9.17) is 0 Å². The summed E-state index contributed by atoms with van der Waals surface area (Å²) in [4.78, 5) is 15.6. The van der Waals surface area contributed by atoms with Crippen molar-refractivity contribution in [2.24, 2.45) is 0 Å². The summed E-state index contributed by atoms with van der Waals surface area (Å²) in [5, 5.41) is 2.76. The highest BCUT2D eigenvalue weighted by molar-refractivity contribution is 5.89. The van der Waals surface area contributed by atoms with Gasteiger partial charge < -0.3 is 9.88 Å². The lowest BCUT2D eigenvalue weighted by Crippen LogP contribution is -2.06. The third kappa shape index (κ3) is 3.63. The van der Waals surface area contributed by atoms with E-state index in [2.05, 4.69) is 10.3 Å². The van der Waals surface area contributed by atoms with Gasteiger partial charge in [-0.3, -0.25) is 4.79 Å². The number of imidazole rings is 1. The maximum Gasteiger partial charge on any atom is 0.221 e. The molecule has 23 heavy (non-hydrogen) atoms. The monoisotopic (exact) mass is 309 g/mol. The first-order valence-corrected chi connectivity index (χ1v) is 7.25. The summed E-state index contributed by atoms with van der Waals surface area (Å²) in [5.74, 6) is 0.431. The molecule has 1 heterocycles. The molecule has 0 saturated heterocycles. The fourth-order valence-corrected chi connectivity index (χ4v) is 2.42. The number of benzene rings is 2. The van der Waals surface area contributed by atoms with Gasteiger partial charge in [-0.2, -0.15) is 0 Å². The lowest BCUT2D eigenvalue weighted by atomic mass is 10.1. The molecule has 4 nitrogen and oxygen atoms in total. The summed E-state index contributed by atoms with van der Waals surface area (Å²) in [6.45, 7) is 2.07. The molecule has 3 aromatic rings. The van der Waals surface area contributed by atoms with Crippen molar-refractivity contribution in [2.75, 3.05) is 5.32 Å². The number of nitrogens with zero attached hydrogens (tertiary/aromatic N) is 2. The van der Waals surface area contributed by atoms with E-state index in [1.54, 1.807) is 18.3 Å². The molecule has 0 fully saturated rings. The van der Waals surface area contributed by atoms with Crippen LogP contribution >= 0.6 is 0 Å². The molecule has 1 amide bonds. The molecular weight excluding hydrogens is 293 g/mol. The smallest absolute Gasteiger partial charge is 0.221 e. The number of nitrogens with one attached hydrogen (secondary N) is 1. The van der Waals surface area contributed by atoms with Crippen molar-refractivity contribution in [3.05, 3.63) is 72.3 Å². The van der Waals surface area contributed by atoms with Gasteiger partial charge >= 0.3 is 0 Å². The molecule has 0 unspecified atom stereocenters. The summed E-state index contributed by atoms with van der Waals surface area (Å²) in [6, 6.07) is 13.9. The van der Waals surface area contributed by atoms with Crippen molar-refractivity contribution < 1.29 is 9.18 Å². The number of carbonyl (C=O) groups is 1. The summed E-state index contributed by atoms with van der Waals surface area (Å²) < 4.78 is 15.0. The third-order valence-electron chi connectivity index (χ3n) is 3.42. The van der Waals surface area contributed by atoms with Crippen molar-refractivity contribution in [3.8, 4) is 11.4 Å². The molecular formula is C18H16FN3O. The normalized spacial score (nSPS) is 10.5. The second-order valence-corrected chi connectivity index (χ2v) is 5.27. The Kier molecular flexibility index (Phi) is 4.19. The first-order chi connectivity index (χ1) is 11.1. The maximum absolute atomic E-state index is 13.0. The van der Waals surface area contributed by atoms with Gasteiger partial charge in [-0.15, -0.1) is 0 Å². The summed E-state index contributed by atoms with van der Waals surface area (Å²) in [7, 11) is 0. The average Bonchev–Trinajstić information content (AvgIpc) is 2.97. The Morgan fingerprint density at radius 2 is 2.00 bits per heavy atom. The fraction of sp³-hybridized carbons (Fsp3) is 0.111. The summed E-state index contributed by atoms with van der Waals surface area (Å²) in [6.07, 6.45) is 3.60. The van der Waals surface area contributed by atoms with E-state index in [-0.39, 0.29) is 11.7 Å². The number of hydrogen-bond donors (Lipinski definition) is 1. The van der Waals surface area contributed by atoms with Crippen LogP contribution in [0.1, 0.15) is 12.5 Å². The molecule has 0 bridgehead atoms. The standard InChI is InChI=1S/C18H16FN3O/c1-13(23)21-17-4-2-3-15(11-17)18-20-9-10-22(18)12-14-5-7-16(19)8-6-14/h2-11H,12H2,1H3,(H,21,23). The van der Waals surface area contributed by atoms with Crippen LogP contribution in [0, 0.1) is 5.82 Å². The lowest BCUT2D eigenvalue weighted by Gasteiger charge is -2.10. The zero-order valence-electron chi connectivity index (χ0n) is 12.7. The van der Waals surface area contributed by atoms with E-state index in [1.165, 1.54) is 19.1 Å². The maximum atomic E-state index is 13.0. The van der Waals surface area contributed by atoms with E-state index >= 15 is 0 Å². The number of carbonyl (C=O) groups excluding carboxylic acids is 1. The van der Waals surface area contributed by atoms with Gasteiger partial charge in [-0.05, 0) is 29.8 Å². The lowest BCUT2D eigenvalue weighted by molar-refractivity contribution is -0.114. The van der Waals surface area contributed by atoms with Crippen LogP contribution in [0.4, 0.5) is 10.1 Å². The average molecular weight is 309 g/mol. The number of rotatable bonds is 4. The molecule has 0 aliphatic carbocycles. The molecule has 5 heteroatoms. The highest BCUT2D eigenvalue weighted by Gasteiger charge is 2.08. The van der Waals surface area contributed by atoms with Crippen molar-refractivity contribution in [1.29, 1.82) is 0 Å². The number of halogens is 1. The molecule has 0 aliphatic heterocycles. The van der Waals surface area contributed by atoms with Gasteiger partial charge in [0.15, 0.2) is 0 Å². The minimum atomic E-state index is -0.248. The van der Waals surface area contributed by atoms with E-state index in [1.807, 2.05) is 35.0 Å². The van der Waals surface area contributed by atoms with E-state index in [0.717, 1.165) is 22.6 Å². The fourth-order valence-electron chi connectivity index (χ4n) is 2.42. The van der Waals surface area contributed by atoms with Crippen LogP contribution in [0.15, 0.2) is 60.9 Å². The van der Waals surface area contributed by atoms with Crippen LogP contribution in [0.25, 0.3) is 11.4 Å². The van der Waals surface area contributed by atoms with Crippen LogP contribution in [0.2, 0.25) is 0 Å². The number of hydrogen-bond acceptors (Lipinski definition) is 2. The Bertz CT molecular complexity index is 824. The molecule has 0 saturated carbocycles. The van der Waals surface area contributed by atoms with Crippen LogP contribution in [-0.2, 0) is 11.3 Å². The first-order valence-electron chi connectivity index (χ1n) is 7.25. The minimum absolute atomic E-state index is 0.114. The number of anilines is 1. The minimum Gasteiger partial charge on any atom is -0.327 e. The number of amides is 1. The Hall–Kier alpha value is -2.95. The largest absolute Gasteiger partial charge is 0.327 e. The quantitative estimate of drug-likeness (QED) is 0.799. The van der Waals surface area contributed by atoms with Crippen molar-refractivity contribution in [2.45, 2.75) is 13.5 Å². The van der Waals surface area contributed by atoms with E-state index in [9.17, 15) is 9.18 Å². The molecule has 0 atom stereocenters. The Labute approximate surface area is 133 Å². The van der Waals surface area contributed by atoms with Crippen molar-refractivity contribution >= 4 is 11.6 Å². The van der Waals surface area contributed by atoms with Crippen molar-refractivity contribution in [3.63, 3.8) is 0 Å². The van der Waals surface area contributed by atoms with Gasteiger partial charge in [0.05, 0.1) is 0 Å². The van der Waals surface area contributed by atoms with Crippen LogP contribution < -0.4 is 5.32 Å². The second kappa shape index (κ2) is 6.44. The molecule has 2 aromatic carbocycles. The van der Waals surface area contributed by atoms with Gasteiger partial charge in [-0.25, -0.2) is 9.37 Å². The van der Waals surface area contributed by atoms with Crippen LogP contribution in [0.3, 0.4) is 0 Å². The summed E-state index contributed by atoms with van der Waals surface area (Å²) >= 11 is 0. The molecule has 0 radical (unpaired) electrons. The zero-order valence-corrected chi connectivity index (χ0v) is 12.7. The second-order valence-electron chi connectivity index (χ2n) is 5.27. The predicted octanol–water partition coefficient (Wildman–Crippen LogP) is 3.70. The van der Waals surface area contributed by atoms with E-state index in [0.29, 0.717) is 6.54 Å². The van der Waals surface area contributed by atoms with Gasteiger partial charge in [0.1, 0.15) is 11.6 Å². The molecule has 116 valence electrons. The number of aromatic nitrogens is 2. The first kappa shape index (κ1) is 15.0. The highest BCUT2D eigenvalue weighted by Crippen LogP contribution is 2.22. The van der Waals surface area contributed by atoms with Gasteiger partial charge in [0.25, 0.3) is 0 Å². The Morgan fingerprint density at radius 1 is 1.22 bits per heavy atom. The molecule has 3 rings (SSSR count). The van der Waals surface area contributed by atoms with Crippen LogP contribution in [0.5, 0.6) is 0 Å². The van der Waals surface area contributed by atoms with Gasteiger partial charge in [0.2, 0.25) is 5.91 Å². The van der Waals surface area contributed by atoms with Crippen molar-refractivity contribution in [1.82, 2.24) is 9.55 Å². The molecule has 0 aliphatic rings. The third-order valence-corrected chi connectivity index (χ3v) is 3.42. The topological polar surface area (TPSA) is 46.9 Å². The Morgan fingerprint density at radius 3 is 2.74 bits per heavy atom. The highest BCUT2D eigenvalue weighted by atomic mass is 19.1. The zero-order chi connectivity index (χ0) is 16.2. The molecule has 0 spiro atoms.